The van der Waals surface area contributed by atoms with Crippen LogP contribution < -0.4 is 10.6 Å². The number of likely N-dealkylation sites (N-methyl/N-ethyl adjacent to an activating group) is 2. The molecule has 1 saturated carbocycles. The van der Waals surface area contributed by atoms with Gasteiger partial charge in [0.25, 0.3) is 0 Å². The van der Waals surface area contributed by atoms with Gasteiger partial charge in [0.1, 0.15) is 0 Å². The molecule has 3 fully saturated rings. The van der Waals surface area contributed by atoms with E-state index in [0.29, 0.717) is 12.0 Å². The van der Waals surface area contributed by atoms with Crippen LogP contribution in [0.1, 0.15) is 19.3 Å². The van der Waals surface area contributed by atoms with Crippen molar-refractivity contribution in [2.45, 2.75) is 31.3 Å². The van der Waals surface area contributed by atoms with Gasteiger partial charge >= 0.3 is 0 Å². The van der Waals surface area contributed by atoms with Crippen LogP contribution in [-0.4, -0.2) is 74.6 Å². The highest BCUT2D eigenvalue weighted by molar-refractivity contribution is 5.82. The fourth-order valence-electron chi connectivity index (χ4n) is 4.12. The molecule has 5 heteroatoms. The predicted molar refractivity (Wildman–Crippen MR) is 79.5 cm³/mol. The third kappa shape index (κ3) is 2.85. The Morgan fingerprint density at radius 2 is 2.15 bits per heavy atom. The minimum Gasteiger partial charge on any atom is -0.353 e. The van der Waals surface area contributed by atoms with E-state index in [9.17, 15) is 4.79 Å². The number of hydrogen-bond donors (Lipinski definition) is 2. The Morgan fingerprint density at radius 1 is 1.30 bits per heavy atom. The Hall–Kier alpha value is -0.650. The summed E-state index contributed by atoms with van der Waals surface area (Å²) in [6.07, 6.45) is 3.83. The summed E-state index contributed by atoms with van der Waals surface area (Å²) in [5.74, 6) is 1.55. The summed E-state index contributed by atoms with van der Waals surface area (Å²) in [4.78, 5) is 17.1. The van der Waals surface area contributed by atoms with E-state index in [4.69, 9.17) is 0 Å². The lowest BCUT2D eigenvalue weighted by Crippen LogP contribution is -2.56. The molecule has 0 radical (unpaired) electrons. The van der Waals surface area contributed by atoms with E-state index >= 15 is 0 Å². The minimum atomic E-state index is 0.0640. The third-order valence-corrected chi connectivity index (χ3v) is 5.52. The van der Waals surface area contributed by atoms with E-state index in [2.05, 4.69) is 34.5 Å². The van der Waals surface area contributed by atoms with E-state index < -0.39 is 0 Å². The second-order valence-electron chi connectivity index (χ2n) is 6.88. The molecule has 0 aromatic heterocycles. The van der Waals surface area contributed by atoms with Crippen LogP contribution in [0.3, 0.4) is 0 Å². The predicted octanol–water partition coefficient (Wildman–Crippen LogP) is -0.263. The number of fused-ring (bicyclic) bond motifs is 1. The first-order valence-electron chi connectivity index (χ1n) is 8.05. The molecule has 2 aliphatic heterocycles. The Bertz CT molecular complexity index is 362. The average molecular weight is 280 g/mol. The quantitative estimate of drug-likeness (QED) is 0.748. The van der Waals surface area contributed by atoms with Gasteiger partial charge in [-0.1, -0.05) is 6.42 Å². The molecule has 2 heterocycles. The summed E-state index contributed by atoms with van der Waals surface area (Å²) in [7, 11) is 4.31. The molecule has 20 heavy (non-hydrogen) atoms. The van der Waals surface area contributed by atoms with Gasteiger partial charge in [0.2, 0.25) is 5.91 Å². The summed E-state index contributed by atoms with van der Waals surface area (Å²) >= 11 is 0. The van der Waals surface area contributed by atoms with Crippen molar-refractivity contribution in [1.29, 1.82) is 0 Å². The fraction of sp³-hybridized carbons (Fsp3) is 0.933. The molecule has 1 aliphatic carbocycles. The van der Waals surface area contributed by atoms with Crippen LogP contribution >= 0.6 is 0 Å². The molecule has 0 aromatic carbocycles. The average Bonchev–Trinajstić information content (AvgIpc) is 3.02. The summed E-state index contributed by atoms with van der Waals surface area (Å²) in [6, 6.07) is 0.507. The van der Waals surface area contributed by atoms with Crippen molar-refractivity contribution in [3.05, 3.63) is 0 Å². The van der Waals surface area contributed by atoms with Crippen LogP contribution in [0, 0.1) is 11.8 Å². The second kappa shape index (κ2) is 6.00. The fourth-order valence-corrected chi connectivity index (χ4v) is 4.12. The maximum absolute atomic E-state index is 12.4. The third-order valence-electron chi connectivity index (χ3n) is 5.52. The Balaban J connectivity index is 1.49. The first kappa shape index (κ1) is 14.3. The Morgan fingerprint density at radius 3 is 3.00 bits per heavy atom. The zero-order valence-corrected chi connectivity index (χ0v) is 12.8. The van der Waals surface area contributed by atoms with Crippen molar-refractivity contribution in [2.24, 2.45) is 11.8 Å². The highest BCUT2D eigenvalue weighted by Gasteiger charge is 2.42. The van der Waals surface area contributed by atoms with Gasteiger partial charge in [0.15, 0.2) is 0 Å². The number of hydrogen-bond acceptors (Lipinski definition) is 4. The van der Waals surface area contributed by atoms with Crippen LogP contribution in [0.2, 0.25) is 0 Å². The van der Waals surface area contributed by atoms with Crippen LogP contribution in [0.15, 0.2) is 0 Å². The molecule has 1 amide bonds. The zero-order valence-electron chi connectivity index (χ0n) is 12.8. The summed E-state index contributed by atoms with van der Waals surface area (Å²) in [6.45, 7) is 5.06. The summed E-state index contributed by atoms with van der Waals surface area (Å²) in [5.41, 5.74) is 0. The monoisotopic (exact) mass is 280 g/mol. The lowest BCUT2D eigenvalue weighted by atomic mass is 9.93. The Kier molecular flexibility index (Phi) is 4.29. The molecule has 114 valence electrons. The number of rotatable bonds is 3. The van der Waals surface area contributed by atoms with Gasteiger partial charge in [-0.05, 0) is 45.3 Å². The van der Waals surface area contributed by atoms with E-state index in [1.165, 1.54) is 19.3 Å². The summed E-state index contributed by atoms with van der Waals surface area (Å²) in [5, 5.41) is 6.62. The highest BCUT2D eigenvalue weighted by atomic mass is 16.2. The number of amides is 1. The van der Waals surface area contributed by atoms with Gasteiger partial charge in [-0.2, -0.15) is 0 Å². The van der Waals surface area contributed by atoms with Gasteiger partial charge < -0.3 is 15.5 Å². The SMILES string of the molecule is CN1CCN(C)C(CNC(=O)C2NCC3CCCC32)C1. The van der Waals surface area contributed by atoms with Gasteiger partial charge in [-0.3, -0.25) is 9.69 Å². The normalized spacial score (nSPS) is 38.9. The highest BCUT2D eigenvalue weighted by Crippen LogP contribution is 2.37. The number of nitrogens with one attached hydrogen (secondary N) is 2. The molecular formula is C15H28N4O. The van der Waals surface area contributed by atoms with Crippen molar-refractivity contribution < 1.29 is 4.79 Å². The van der Waals surface area contributed by atoms with E-state index in [1.807, 2.05) is 0 Å². The largest absolute Gasteiger partial charge is 0.353 e. The van der Waals surface area contributed by atoms with Crippen molar-refractivity contribution >= 4 is 5.91 Å². The van der Waals surface area contributed by atoms with E-state index in [1.54, 1.807) is 0 Å². The van der Waals surface area contributed by atoms with Crippen LogP contribution in [0.5, 0.6) is 0 Å². The van der Waals surface area contributed by atoms with Gasteiger partial charge in [-0.25, -0.2) is 0 Å². The molecule has 4 atom stereocenters. The standard InChI is InChI=1S/C15H28N4O/c1-18-6-7-19(2)12(10-18)9-17-15(20)14-13-5-3-4-11(13)8-16-14/h11-14,16H,3-10H2,1-2H3,(H,17,20). The molecule has 0 aromatic rings. The van der Waals surface area contributed by atoms with Gasteiger partial charge in [0, 0.05) is 32.2 Å². The number of carbonyl (C=O) groups is 1. The first-order chi connectivity index (χ1) is 9.65. The maximum atomic E-state index is 12.4. The molecule has 0 bridgehead atoms. The van der Waals surface area contributed by atoms with Crippen LogP contribution in [-0.2, 0) is 4.79 Å². The van der Waals surface area contributed by atoms with Crippen molar-refractivity contribution in [1.82, 2.24) is 20.4 Å². The first-order valence-corrected chi connectivity index (χ1v) is 8.05. The van der Waals surface area contributed by atoms with Gasteiger partial charge in [-0.15, -0.1) is 0 Å². The Labute approximate surface area is 122 Å². The molecular weight excluding hydrogens is 252 g/mol. The van der Waals surface area contributed by atoms with E-state index in [-0.39, 0.29) is 11.9 Å². The van der Waals surface area contributed by atoms with Crippen molar-refractivity contribution in [3.63, 3.8) is 0 Å². The zero-order chi connectivity index (χ0) is 14.1. The van der Waals surface area contributed by atoms with Crippen LogP contribution in [0.25, 0.3) is 0 Å². The van der Waals surface area contributed by atoms with Crippen molar-refractivity contribution in [3.8, 4) is 0 Å². The number of carbonyl (C=O) groups excluding carboxylic acids is 1. The van der Waals surface area contributed by atoms with Crippen LogP contribution in [0.4, 0.5) is 0 Å². The number of nitrogens with zero attached hydrogens (tertiary/aromatic N) is 2. The molecule has 2 saturated heterocycles. The molecule has 2 N–H and O–H groups in total. The molecule has 0 spiro atoms. The molecule has 4 unspecified atom stereocenters. The molecule has 3 rings (SSSR count). The minimum absolute atomic E-state index is 0.0640. The maximum Gasteiger partial charge on any atom is 0.237 e. The van der Waals surface area contributed by atoms with Gasteiger partial charge in [0.05, 0.1) is 6.04 Å². The summed E-state index contributed by atoms with van der Waals surface area (Å²) < 4.78 is 0. The van der Waals surface area contributed by atoms with E-state index in [0.717, 1.165) is 38.6 Å². The second-order valence-corrected chi connectivity index (χ2v) is 6.88. The lowest BCUT2D eigenvalue weighted by Gasteiger charge is -2.38. The number of piperazine rings is 1. The smallest absolute Gasteiger partial charge is 0.237 e. The molecule has 3 aliphatic rings. The van der Waals surface area contributed by atoms with Crippen molar-refractivity contribution in [2.75, 3.05) is 46.8 Å². The topological polar surface area (TPSA) is 47.6 Å². The lowest BCUT2D eigenvalue weighted by molar-refractivity contribution is -0.124. The molecule has 5 nitrogen and oxygen atoms in total.